The van der Waals surface area contributed by atoms with E-state index >= 15 is 0 Å². The summed E-state index contributed by atoms with van der Waals surface area (Å²) in [6.45, 7) is -0.207. The molecule has 6 heteroatoms. The maximum absolute atomic E-state index is 12.3. The molecule has 3 rings (SSSR count). The summed E-state index contributed by atoms with van der Waals surface area (Å²) in [4.78, 5) is 31.5. The second-order valence-electron chi connectivity index (χ2n) is 5.61. The first-order valence-electron chi connectivity index (χ1n) is 7.85. The van der Waals surface area contributed by atoms with E-state index in [0.29, 0.717) is 11.3 Å². The van der Waals surface area contributed by atoms with Crippen LogP contribution in [0.5, 0.6) is 0 Å². The maximum atomic E-state index is 12.3. The van der Waals surface area contributed by atoms with Crippen molar-refractivity contribution in [2.45, 2.75) is 12.3 Å². The maximum Gasteiger partial charge on any atom is 0.224 e. The molecule has 0 unspecified atom stereocenters. The first-order valence-corrected chi connectivity index (χ1v) is 7.85. The average Bonchev–Trinajstić information content (AvgIpc) is 3.05. The molecule has 0 fully saturated rings. The molecule has 3 aromatic rings. The van der Waals surface area contributed by atoms with E-state index < -0.39 is 11.7 Å². The molecule has 25 heavy (non-hydrogen) atoms. The number of H-pyrrole nitrogens is 1. The van der Waals surface area contributed by atoms with E-state index in [2.05, 4.69) is 15.3 Å². The van der Waals surface area contributed by atoms with Gasteiger partial charge in [0.25, 0.3) is 0 Å². The number of amides is 1. The third-order valence-electron chi connectivity index (χ3n) is 3.80. The lowest BCUT2D eigenvalue weighted by atomic mass is 10.1. The van der Waals surface area contributed by atoms with E-state index in [1.165, 1.54) is 0 Å². The molecule has 1 aromatic heterocycles. The summed E-state index contributed by atoms with van der Waals surface area (Å²) < 4.78 is 0. The van der Waals surface area contributed by atoms with E-state index in [-0.39, 0.29) is 18.9 Å². The third-order valence-corrected chi connectivity index (χ3v) is 3.80. The summed E-state index contributed by atoms with van der Waals surface area (Å²) in [5.41, 5.74) is 2.32. The topological polar surface area (TPSA) is 98.6 Å². The number of aromatic nitrogens is 2. The summed E-state index contributed by atoms with van der Waals surface area (Å²) in [6.07, 6.45) is 0.190. The highest BCUT2D eigenvalue weighted by Gasteiger charge is 2.23. The van der Waals surface area contributed by atoms with Gasteiger partial charge in [0.2, 0.25) is 5.91 Å². The molecule has 2 aromatic carbocycles. The number of Topliss-reactive ketones (excluding diaryl/α,β-unsaturated/α-hetero) is 1. The van der Waals surface area contributed by atoms with Crippen LogP contribution in [-0.4, -0.2) is 28.2 Å². The van der Waals surface area contributed by atoms with E-state index in [4.69, 9.17) is 0 Å². The van der Waals surface area contributed by atoms with Crippen LogP contribution in [0.15, 0.2) is 54.6 Å². The quantitative estimate of drug-likeness (QED) is 0.722. The molecule has 1 atom stereocenters. The fourth-order valence-corrected chi connectivity index (χ4v) is 2.53. The number of para-hydroxylation sites is 2. The van der Waals surface area contributed by atoms with Crippen molar-refractivity contribution in [3.63, 3.8) is 0 Å². The highest BCUT2D eigenvalue weighted by Crippen LogP contribution is 2.17. The van der Waals surface area contributed by atoms with Crippen LogP contribution < -0.4 is 5.32 Å². The number of hydrogen-bond acceptors (Lipinski definition) is 4. The van der Waals surface area contributed by atoms with Crippen LogP contribution in [0.1, 0.15) is 17.3 Å². The minimum Gasteiger partial charge on any atom is -0.349 e. The largest absolute Gasteiger partial charge is 0.349 e. The molecule has 0 aliphatic rings. The van der Waals surface area contributed by atoms with Gasteiger partial charge >= 0.3 is 0 Å². The van der Waals surface area contributed by atoms with Crippen LogP contribution in [0.3, 0.4) is 0 Å². The molecule has 0 saturated heterocycles. The van der Waals surface area contributed by atoms with E-state index in [1.807, 2.05) is 54.6 Å². The van der Waals surface area contributed by atoms with Crippen molar-refractivity contribution in [1.82, 2.24) is 15.3 Å². The summed E-state index contributed by atoms with van der Waals surface area (Å²) in [5.74, 6) is -1.40. The standard InChI is InChI=1S/C19H16N4O2/c20-11-14(19-22-15-8-4-5-9-16(15)23-19)17(24)12-21-18(25)10-13-6-2-1-3-7-13/h1-9,14H,10,12H2,(H,21,25)(H,22,23)/t14-/m1/s1. The van der Waals surface area contributed by atoms with Crippen molar-refractivity contribution in [3.05, 3.63) is 66.0 Å². The van der Waals surface area contributed by atoms with Gasteiger partial charge in [-0.05, 0) is 17.7 Å². The zero-order chi connectivity index (χ0) is 17.6. The van der Waals surface area contributed by atoms with Gasteiger partial charge in [-0.1, -0.05) is 42.5 Å². The highest BCUT2D eigenvalue weighted by molar-refractivity contribution is 5.93. The number of imidazole rings is 1. The molecular formula is C19H16N4O2. The van der Waals surface area contributed by atoms with Crippen LogP contribution in [0.25, 0.3) is 11.0 Å². The summed E-state index contributed by atoms with van der Waals surface area (Å²) >= 11 is 0. The van der Waals surface area contributed by atoms with Crippen molar-refractivity contribution < 1.29 is 9.59 Å². The third kappa shape index (κ3) is 3.90. The zero-order valence-corrected chi connectivity index (χ0v) is 13.4. The van der Waals surface area contributed by atoms with E-state index in [9.17, 15) is 14.9 Å². The van der Waals surface area contributed by atoms with Gasteiger partial charge in [0, 0.05) is 0 Å². The van der Waals surface area contributed by atoms with Crippen LogP contribution in [-0.2, 0) is 16.0 Å². The number of rotatable bonds is 6. The molecule has 0 bridgehead atoms. The number of nitrogens with one attached hydrogen (secondary N) is 2. The van der Waals surface area contributed by atoms with Gasteiger partial charge in [-0.2, -0.15) is 5.26 Å². The van der Waals surface area contributed by atoms with Gasteiger partial charge in [0.15, 0.2) is 11.7 Å². The SMILES string of the molecule is N#C[C@H](C(=O)CNC(=O)Cc1ccccc1)c1nc2ccccc2[nH]1. The molecule has 124 valence electrons. The highest BCUT2D eigenvalue weighted by atomic mass is 16.2. The second-order valence-corrected chi connectivity index (χ2v) is 5.61. The summed E-state index contributed by atoms with van der Waals surface area (Å²) in [7, 11) is 0. The molecule has 0 spiro atoms. The molecule has 1 heterocycles. The number of carbonyl (C=O) groups is 2. The van der Waals surface area contributed by atoms with Gasteiger partial charge in [-0.3, -0.25) is 9.59 Å². The molecule has 1 amide bonds. The number of benzene rings is 2. The molecule has 0 aliphatic carbocycles. The Hall–Kier alpha value is -3.46. The Morgan fingerprint density at radius 2 is 1.84 bits per heavy atom. The fraction of sp³-hybridized carbons (Fsp3) is 0.158. The van der Waals surface area contributed by atoms with Crippen molar-refractivity contribution in [2.75, 3.05) is 6.54 Å². The molecule has 0 saturated carbocycles. The van der Waals surface area contributed by atoms with Crippen LogP contribution in [0.2, 0.25) is 0 Å². The van der Waals surface area contributed by atoms with Gasteiger partial charge in [0.1, 0.15) is 5.82 Å². The first-order chi connectivity index (χ1) is 12.2. The van der Waals surface area contributed by atoms with Crippen LogP contribution in [0.4, 0.5) is 0 Å². The minimum absolute atomic E-state index is 0.190. The summed E-state index contributed by atoms with van der Waals surface area (Å²) in [5, 5.41) is 11.9. The van der Waals surface area contributed by atoms with Crippen molar-refractivity contribution in [1.29, 1.82) is 5.26 Å². The van der Waals surface area contributed by atoms with Gasteiger partial charge in [-0.25, -0.2) is 4.98 Å². The number of nitriles is 1. The number of aromatic amines is 1. The number of carbonyl (C=O) groups excluding carboxylic acids is 2. The molecule has 0 radical (unpaired) electrons. The first kappa shape index (κ1) is 16.4. The predicted molar refractivity (Wildman–Crippen MR) is 92.6 cm³/mol. The van der Waals surface area contributed by atoms with Crippen molar-refractivity contribution >= 4 is 22.7 Å². The molecule has 6 nitrogen and oxygen atoms in total. The Labute approximate surface area is 144 Å². The van der Waals surface area contributed by atoms with Gasteiger partial charge < -0.3 is 10.3 Å². The molecule has 0 aliphatic heterocycles. The Bertz CT molecular complexity index is 908. The summed E-state index contributed by atoms with van der Waals surface area (Å²) in [6, 6.07) is 18.5. The van der Waals surface area contributed by atoms with Crippen molar-refractivity contribution in [2.24, 2.45) is 0 Å². The lowest BCUT2D eigenvalue weighted by Crippen LogP contribution is -2.33. The fourth-order valence-electron chi connectivity index (χ4n) is 2.53. The average molecular weight is 332 g/mol. The van der Waals surface area contributed by atoms with E-state index in [1.54, 1.807) is 6.07 Å². The number of hydrogen-bond donors (Lipinski definition) is 2. The smallest absolute Gasteiger partial charge is 0.224 e. The Morgan fingerprint density at radius 1 is 1.12 bits per heavy atom. The molecular weight excluding hydrogens is 316 g/mol. The number of fused-ring (bicyclic) bond motifs is 1. The second kappa shape index (κ2) is 7.41. The van der Waals surface area contributed by atoms with Gasteiger partial charge in [0.05, 0.1) is 30.1 Å². The molecule has 2 N–H and O–H groups in total. The Morgan fingerprint density at radius 3 is 2.56 bits per heavy atom. The van der Waals surface area contributed by atoms with Gasteiger partial charge in [-0.15, -0.1) is 0 Å². The predicted octanol–water partition coefficient (Wildman–Crippen LogP) is 2.10. The normalized spacial score (nSPS) is 11.6. The van der Waals surface area contributed by atoms with Crippen molar-refractivity contribution in [3.8, 4) is 6.07 Å². The van der Waals surface area contributed by atoms with Crippen LogP contribution >= 0.6 is 0 Å². The number of ketones is 1. The lowest BCUT2D eigenvalue weighted by molar-refractivity contribution is -0.124. The Kier molecular flexibility index (Phi) is 4.86. The Balaban J connectivity index is 1.62. The minimum atomic E-state index is -1.04. The monoisotopic (exact) mass is 332 g/mol. The number of nitrogens with zero attached hydrogens (tertiary/aromatic N) is 2. The zero-order valence-electron chi connectivity index (χ0n) is 13.4. The van der Waals surface area contributed by atoms with E-state index in [0.717, 1.165) is 11.1 Å². The van der Waals surface area contributed by atoms with Crippen LogP contribution in [0, 0.1) is 11.3 Å². The lowest BCUT2D eigenvalue weighted by Gasteiger charge is -2.07.